The van der Waals surface area contributed by atoms with Crippen LogP contribution in [-0.2, 0) is 4.79 Å². The molecule has 4 nitrogen and oxygen atoms in total. The van der Waals surface area contributed by atoms with Crippen LogP contribution < -0.4 is 0 Å². The van der Waals surface area contributed by atoms with E-state index in [4.69, 9.17) is 0 Å². The molecule has 0 radical (unpaired) electrons. The highest BCUT2D eigenvalue weighted by Gasteiger charge is 2.50. The van der Waals surface area contributed by atoms with Gasteiger partial charge in [-0.15, -0.1) is 0 Å². The average molecular weight is 227 g/mol. The van der Waals surface area contributed by atoms with Gasteiger partial charge in [0.1, 0.15) is 5.78 Å². The van der Waals surface area contributed by atoms with Crippen molar-refractivity contribution >= 4 is 11.9 Å². The van der Waals surface area contributed by atoms with E-state index in [1.807, 2.05) is 27.7 Å². The van der Waals surface area contributed by atoms with Crippen molar-refractivity contribution in [3.63, 3.8) is 0 Å². The molecule has 1 amide bonds. The van der Waals surface area contributed by atoms with E-state index in [0.29, 0.717) is 13.0 Å². The number of amides is 1. The minimum Gasteiger partial charge on any atom is -0.465 e. The number of hydrogen-bond acceptors (Lipinski definition) is 2. The van der Waals surface area contributed by atoms with Gasteiger partial charge in [-0.1, -0.05) is 27.7 Å². The largest absolute Gasteiger partial charge is 0.465 e. The maximum atomic E-state index is 11.8. The second-order valence-electron chi connectivity index (χ2n) is 5.96. The van der Waals surface area contributed by atoms with Crippen molar-refractivity contribution < 1.29 is 14.7 Å². The van der Waals surface area contributed by atoms with E-state index in [-0.39, 0.29) is 17.1 Å². The fourth-order valence-electron chi connectivity index (χ4n) is 2.15. The Labute approximate surface area is 96.6 Å². The molecular weight excluding hydrogens is 206 g/mol. The van der Waals surface area contributed by atoms with Crippen molar-refractivity contribution in [2.75, 3.05) is 6.54 Å². The molecule has 2 unspecified atom stereocenters. The third kappa shape index (κ3) is 1.93. The number of ketones is 1. The van der Waals surface area contributed by atoms with Crippen molar-refractivity contribution in [2.24, 2.45) is 11.3 Å². The van der Waals surface area contributed by atoms with Crippen LogP contribution in [0.15, 0.2) is 0 Å². The Bertz CT molecular complexity index is 319. The van der Waals surface area contributed by atoms with Crippen molar-refractivity contribution in [2.45, 2.75) is 46.6 Å². The van der Waals surface area contributed by atoms with Crippen LogP contribution >= 0.6 is 0 Å². The fourth-order valence-corrected chi connectivity index (χ4v) is 2.15. The van der Waals surface area contributed by atoms with Crippen molar-refractivity contribution in [1.82, 2.24) is 4.90 Å². The molecule has 1 aliphatic heterocycles. The molecule has 0 aliphatic carbocycles. The highest BCUT2D eigenvalue weighted by molar-refractivity contribution is 5.85. The summed E-state index contributed by atoms with van der Waals surface area (Å²) < 4.78 is 0. The molecule has 1 fully saturated rings. The zero-order valence-electron chi connectivity index (χ0n) is 10.7. The van der Waals surface area contributed by atoms with Crippen LogP contribution in [0.2, 0.25) is 0 Å². The highest BCUT2D eigenvalue weighted by Crippen LogP contribution is 2.42. The summed E-state index contributed by atoms with van der Waals surface area (Å²) in [5, 5.41) is 9.26. The molecule has 1 heterocycles. The number of rotatable bonds is 0. The number of carbonyl (C=O) groups excluding carboxylic acids is 1. The SMILES string of the molecule is CC1CN(C(=O)O)C(C)(C(C)(C)C)CC1=O. The Kier molecular flexibility index (Phi) is 3.05. The lowest BCUT2D eigenvalue weighted by molar-refractivity contribution is -0.134. The standard InChI is InChI=1S/C12H21NO3/c1-8-7-13(10(15)16)12(5,6-9(8)14)11(2,3)4/h8H,6-7H2,1-5H3,(H,15,16). The first-order valence-electron chi connectivity index (χ1n) is 5.63. The Balaban J connectivity index is 3.13. The summed E-state index contributed by atoms with van der Waals surface area (Å²) >= 11 is 0. The zero-order chi connectivity index (χ0) is 12.7. The van der Waals surface area contributed by atoms with E-state index in [1.165, 1.54) is 4.90 Å². The third-order valence-corrected chi connectivity index (χ3v) is 3.97. The van der Waals surface area contributed by atoms with Crippen molar-refractivity contribution in [1.29, 1.82) is 0 Å². The van der Waals surface area contributed by atoms with E-state index in [2.05, 4.69) is 0 Å². The van der Waals surface area contributed by atoms with Crippen molar-refractivity contribution in [3.05, 3.63) is 0 Å². The number of likely N-dealkylation sites (tertiary alicyclic amines) is 1. The average Bonchev–Trinajstić information content (AvgIpc) is 2.09. The Morgan fingerprint density at radius 3 is 2.38 bits per heavy atom. The number of piperidine rings is 1. The van der Waals surface area contributed by atoms with Gasteiger partial charge in [-0.2, -0.15) is 0 Å². The molecule has 1 saturated heterocycles. The second kappa shape index (κ2) is 3.75. The van der Waals surface area contributed by atoms with Gasteiger partial charge in [0.05, 0.1) is 5.54 Å². The molecule has 0 aromatic carbocycles. The maximum absolute atomic E-state index is 11.8. The van der Waals surface area contributed by atoms with Crippen LogP contribution in [0.25, 0.3) is 0 Å². The molecule has 0 aromatic rings. The van der Waals surface area contributed by atoms with Crippen LogP contribution in [0.1, 0.15) is 41.0 Å². The summed E-state index contributed by atoms with van der Waals surface area (Å²) in [7, 11) is 0. The number of nitrogens with zero attached hydrogens (tertiary/aromatic N) is 1. The molecule has 2 atom stereocenters. The van der Waals surface area contributed by atoms with Gasteiger partial charge in [-0.3, -0.25) is 4.79 Å². The molecule has 16 heavy (non-hydrogen) atoms. The number of hydrogen-bond donors (Lipinski definition) is 1. The lowest BCUT2D eigenvalue weighted by atomic mass is 9.67. The van der Waals surface area contributed by atoms with Crippen molar-refractivity contribution in [3.8, 4) is 0 Å². The molecule has 0 spiro atoms. The van der Waals surface area contributed by atoms with E-state index >= 15 is 0 Å². The third-order valence-electron chi connectivity index (χ3n) is 3.97. The first kappa shape index (κ1) is 13.0. The highest BCUT2D eigenvalue weighted by atomic mass is 16.4. The smallest absolute Gasteiger partial charge is 0.407 e. The van der Waals surface area contributed by atoms with E-state index in [1.54, 1.807) is 6.92 Å². The summed E-state index contributed by atoms with van der Waals surface area (Å²) in [6.45, 7) is 9.90. The summed E-state index contributed by atoms with van der Waals surface area (Å²) in [4.78, 5) is 24.5. The van der Waals surface area contributed by atoms with Crippen LogP contribution in [0.4, 0.5) is 4.79 Å². The molecule has 92 valence electrons. The molecule has 0 saturated carbocycles. The maximum Gasteiger partial charge on any atom is 0.407 e. The van der Waals surface area contributed by atoms with Gasteiger partial charge < -0.3 is 10.0 Å². The minimum atomic E-state index is -0.934. The van der Waals surface area contributed by atoms with Crippen LogP contribution in [0.3, 0.4) is 0 Å². The molecule has 1 rings (SSSR count). The lowest BCUT2D eigenvalue weighted by Crippen LogP contribution is -2.63. The first-order valence-corrected chi connectivity index (χ1v) is 5.63. The van der Waals surface area contributed by atoms with Gasteiger partial charge in [0.25, 0.3) is 0 Å². The topological polar surface area (TPSA) is 57.6 Å². The molecule has 1 N–H and O–H groups in total. The van der Waals surface area contributed by atoms with Crippen LogP contribution in [0.5, 0.6) is 0 Å². The number of carbonyl (C=O) groups is 2. The Hall–Kier alpha value is -1.06. The predicted molar refractivity (Wildman–Crippen MR) is 61.4 cm³/mol. The predicted octanol–water partition coefficient (Wildman–Crippen LogP) is 2.38. The quantitative estimate of drug-likeness (QED) is 0.691. The molecule has 4 heteroatoms. The number of Topliss-reactive ketones (excluding diaryl/α,β-unsaturated/α-hetero) is 1. The van der Waals surface area contributed by atoms with Crippen LogP contribution in [0, 0.1) is 11.3 Å². The summed E-state index contributed by atoms with van der Waals surface area (Å²) in [6, 6.07) is 0. The molecule has 0 bridgehead atoms. The Morgan fingerprint density at radius 1 is 1.50 bits per heavy atom. The van der Waals surface area contributed by atoms with E-state index < -0.39 is 11.6 Å². The lowest BCUT2D eigenvalue weighted by Gasteiger charge is -2.52. The molecular formula is C12H21NO3. The monoisotopic (exact) mass is 227 g/mol. The van der Waals surface area contributed by atoms with Gasteiger partial charge in [-0.25, -0.2) is 4.79 Å². The summed E-state index contributed by atoms with van der Waals surface area (Å²) in [6.07, 6.45) is -0.624. The summed E-state index contributed by atoms with van der Waals surface area (Å²) in [5.41, 5.74) is -0.858. The second-order valence-corrected chi connectivity index (χ2v) is 5.96. The van der Waals surface area contributed by atoms with Gasteiger partial charge in [-0.05, 0) is 12.3 Å². The first-order chi connectivity index (χ1) is 7.09. The Morgan fingerprint density at radius 2 is 2.00 bits per heavy atom. The van der Waals surface area contributed by atoms with Crippen LogP contribution in [-0.4, -0.2) is 34.0 Å². The molecule has 1 aliphatic rings. The van der Waals surface area contributed by atoms with Gasteiger partial charge in [0.15, 0.2) is 0 Å². The van der Waals surface area contributed by atoms with Gasteiger partial charge in [0.2, 0.25) is 0 Å². The van der Waals surface area contributed by atoms with E-state index in [0.717, 1.165) is 0 Å². The van der Waals surface area contributed by atoms with Gasteiger partial charge >= 0.3 is 6.09 Å². The normalized spacial score (nSPS) is 31.7. The number of carboxylic acid groups (broad SMARTS) is 1. The summed E-state index contributed by atoms with van der Waals surface area (Å²) in [5.74, 6) is -0.0264. The molecule has 0 aromatic heterocycles. The fraction of sp³-hybridized carbons (Fsp3) is 0.833. The minimum absolute atomic E-state index is 0.162. The zero-order valence-corrected chi connectivity index (χ0v) is 10.7. The van der Waals surface area contributed by atoms with E-state index in [9.17, 15) is 14.7 Å². The van der Waals surface area contributed by atoms with Gasteiger partial charge in [0, 0.05) is 18.9 Å².